The van der Waals surface area contributed by atoms with E-state index < -0.39 is 0 Å². The number of hydrogen-bond donors (Lipinski definition) is 1. The van der Waals surface area contributed by atoms with Crippen LogP contribution in [0, 0.1) is 5.92 Å². The highest BCUT2D eigenvalue weighted by atomic mass is 16.5. The van der Waals surface area contributed by atoms with Gasteiger partial charge in [-0.25, -0.2) is 0 Å². The Hall–Kier alpha value is -2.29. The minimum atomic E-state index is -0.0533. The van der Waals surface area contributed by atoms with Gasteiger partial charge < -0.3 is 10.1 Å². The Balaban J connectivity index is 1.81. The Morgan fingerprint density at radius 1 is 1.19 bits per heavy atom. The van der Waals surface area contributed by atoms with Gasteiger partial charge in [-0.15, -0.1) is 0 Å². The maximum Gasteiger partial charge on any atom is 0.251 e. The summed E-state index contributed by atoms with van der Waals surface area (Å²) in [7, 11) is 1.60. The molecule has 1 aliphatic rings. The average molecular weight is 281 g/mol. The SMILES string of the molecule is COc1cccc(C(=O)NC2c3ccccc3CC2C)c1. The quantitative estimate of drug-likeness (QED) is 0.937. The smallest absolute Gasteiger partial charge is 0.251 e. The van der Waals surface area contributed by atoms with Crippen LogP contribution in [-0.2, 0) is 6.42 Å². The molecule has 0 aromatic heterocycles. The molecule has 3 nitrogen and oxygen atoms in total. The monoisotopic (exact) mass is 281 g/mol. The van der Waals surface area contributed by atoms with Gasteiger partial charge in [0, 0.05) is 5.56 Å². The van der Waals surface area contributed by atoms with Crippen LogP contribution >= 0.6 is 0 Å². The first kappa shape index (κ1) is 13.7. The summed E-state index contributed by atoms with van der Waals surface area (Å²) in [6, 6.07) is 15.7. The summed E-state index contributed by atoms with van der Waals surface area (Å²) in [5, 5.41) is 3.16. The van der Waals surface area contributed by atoms with Crippen molar-refractivity contribution in [3.8, 4) is 5.75 Å². The van der Waals surface area contributed by atoms with E-state index in [1.165, 1.54) is 11.1 Å². The van der Waals surface area contributed by atoms with E-state index in [1.54, 1.807) is 13.2 Å². The second-order valence-electron chi connectivity index (χ2n) is 5.56. The molecule has 2 atom stereocenters. The number of carbonyl (C=O) groups is 1. The first-order valence-corrected chi connectivity index (χ1v) is 7.22. The Bertz CT molecular complexity index is 666. The zero-order valence-electron chi connectivity index (χ0n) is 12.3. The molecule has 0 saturated heterocycles. The summed E-state index contributed by atoms with van der Waals surface area (Å²) >= 11 is 0. The van der Waals surface area contributed by atoms with Crippen molar-refractivity contribution in [3.05, 3.63) is 65.2 Å². The lowest BCUT2D eigenvalue weighted by Crippen LogP contribution is -2.30. The molecule has 1 N–H and O–H groups in total. The fourth-order valence-corrected chi connectivity index (χ4v) is 3.00. The van der Waals surface area contributed by atoms with Gasteiger partial charge in [-0.1, -0.05) is 37.3 Å². The van der Waals surface area contributed by atoms with E-state index >= 15 is 0 Å². The van der Waals surface area contributed by atoms with Gasteiger partial charge in [-0.3, -0.25) is 4.79 Å². The van der Waals surface area contributed by atoms with E-state index in [0.717, 1.165) is 6.42 Å². The zero-order chi connectivity index (χ0) is 14.8. The highest BCUT2D eigenvalue weighted by Crippen LogP contribution is 2.35. The van der Waals surface area contributed by atoms with Crippen LogP contribution in [0.2, 0.25) is 0 Å². The molecular weight excluding hydrogens is 262 g/mol. The van der Waals surface area contributed by atoms with Gasteiger partial charge in [0.1, 0.15) is 5.75 Å². The number of nitrogens with one attached hydrogen (secondary N) is 1. The molecule has 0 heterocycles. The summed E-state index contributed by atoms with van der Waals surface area (Å²) in [5.41, 5.74) is 3.20. The van der Waals surface area contributed by atoms with E-state index in [0.29, 0.717) is 17.2 Å². The molecule has 2 unspecified atom stereocenters. The van der Waals surface area contributed by atoms with Gasteiger partial charge in [0.25, 0.3) is 5.91 Å². The number of methoxy groups -OCH3 is 1. The molecule has 3 rings (SSSR count). The third-order valence-corrected chi connectivity index (χ3v) is 4.12. The van der Waals surface area contributed by atoms with E-state index in [2.05, 4.69) is 30.4 Å². The van der Waals surface area contributed by atoms with Crippen molar-refractivity contribution < 1.29 is 9.53 Å². The number of benzene rings is 2. The van der Waals surface area contributed by atoms with Crippen molar-refractivity contribution in [3.63, 3.8) is 0 Å². The van der Waals surface area contributed by atoms with Crippen molar-refractivity contribution >= 4 is 5.91 Å². The topological polar surface area (TPSA) is 38.3 Å². The van der Waals surface area contributed by atoms with Gasteiger partial charge in [0.2, 0.25) is 0 Å². The van der Waals surface area contributed by atoms with Crippen molar-refractivity contribution in [2.45, 2.75) is 19.4 Å². The van der Waals surface area contributed by atoms with Crippen molar-refractivity contribution in [1.29, 1.82) is 0 Å². The standard InChI is InChI=1S/C18H19NO2/c1-12-10-13-6-3-4-9-16(13)17(12)19-18(20)14-7-5-8-15(11-14)21-2/h3-9,11-12,17H,10H2,1-2H3,(H,19,20). The fourth-order valence-electron chi connectivity index (χ4n) is 3.00. The number of amides is 1. The van der Waals surface area contributed by atoms with E-state index in [-0.39, 0.29) is 11.9 Å². The van der Waals surface area contributed by atoms with Gasteiger partial charge in [-0.2, -0.15) is 0 Å². The molecule has 0 saturated carbocycles. The summed E-state index contributed by atoms with van der Waals surface area (Å²) < 4.78 is 5.17. The molecule has 0 radical (unpaired) electrons. The number of fused-ring (bicyclic) bond motifs is 1. The van der Waals surface area contributed by atoms with Crippen molar-refractivity contribution in [1.82, 2.24) is 5.32 Å². The van der Waals surface area contributed by atoms with Gasteiger partial charge in [0.05, 0.1) is 13.2 Å². The molecular formula is C18H19NO2. The second kappa shape index (κ2) is 5.60. The summed E-state index contributed by atoms with van der Waals surface area (Å²) in [4.78, 5) is 12.5. The minimum absolute atomic E-state index is 0.0533. The molecule has 2 aromatic rings. The number of carbonyl (C=O) groups excluding carboxylic acids is 1. The maximum absolute atomic E-state index is 12.5. The predicted molar refractivity (Wildman–Crippen MR) is 82.5 cm³/mol. The Morgan fingerprint density at radius 2 is 2.00 bits per heavy atom. The lowest BCUT2D eigenvalue weighted by Gasteiger charge is -2.19. The molecule has 1 amide bonds. The molecule has 21 heavy (non-hydrogen) atoms. The molecule has 0 aliphatic heterocycles. The van der Waals surface area contributed by atoms with Crippen LogP contribution in [0.5, 0.6) is 5.75 Å². The summed E-state index contributed by atoms with van der Waals surface area (Å²) in [6.45, 7) is 2.18. The molecule has 0 spiro atoms. The third kappa shape index (κ3) is 2.64. The van der Waals surface area contributed by atoms with E-state index in [4.69, 9.17) is 4.74 Å². The number of rotatable bonds is 3. The van der Waals surface area contributed by atoms with Crippen LogP contribution in [0.15, 0.2) is 48.5 Å². The number of hydrogen-bond acceptors (Lipinski definition) is 2. The van der Waals surface area contributed by atoms with E-state index in [9.17, 15) is 4.79 Å². The summed E-state index contributed by atoms with van der Waals surface area (Å²) in [5.74, 6) is 1.06. The maximum atomic E-state index is 12.5. The molecule has 1 aliphatic carbocycles. The fraction of sp³-hybridized carbons (Fsp3) is 0.278. The first-order valence-electron chi connectivity index (χ1n) is 7.22. The summed E-state index contributed by atoms with van der Waals surface area (Å²) in [6.07, 6.45) is 1.01. The van der Waals surface area contributed by atoms with Gasteiger partial charge in [0.15, 0.2) is 0 Å². The zero-order valence-corrected chi connectivity index (χ0v) is 12.3. The molecule has 108 valence electrons. The Morgan fingerprint density at radius 3 is 2.81 bits per heavy atom. The first-order chi connectivity index (χ1) is 10.2. The average Bonchev–Trinajstić information content (AvgIpc) is 2.83. The highest BCUT2D eigenvalue weighted by molar-refractivity contribution is 5.94. The normalized spacial score (nSPS) is 19.9. The lowest BCUT2D eigenvalue weighted by atomic mass is 10.0. The third-order valence-electron chi connectivity index (χ3n) is 4.12. The van der Waals surface area contributed by atoms with Crippen LogP contribution in [-0.4, -0.2) is 13.0 Å². The van der Waals surface area contributed by atoms with Gasteiger partial charge in [-0.05, 0) is 41.7 Å². The predicted octanol–water partition coefficient (Wildman–Crippen LogP) is 3.36. The second-order valence-corrected chi connectivity index (χ2v) is 5.56. The van der Waals surface area contributed by atoms with Crippen molar-refractivity contribution in [2.75, 3.05) is 7.11 Å². The minimum Gasteiger partial charge on any atom is -0.497 e. The molecule has 0 fully saturated rings. The van der Waals surface area contributed by atoms with Crippen LogP contribution in [0.4, 0.5) is 0 Å². The molecule has 3 heteroatoms. The highest BCUT2D eigenvalue weighted by Gasteiger charge is 2.30. The van der Waals surface area contributed by atoms with Crippen molar-refractivity contribution in [2.24, 2.45) is 5.92 Å². The largest absolute Gasteiger partial charge is 0.497 e. The lowest BCUT2D eigenvalue weighted by molar-refractivity contribution is 0.0927. The van der Waals surface area contributed by atoms with Gasteiger partial charge >= 0.3 is 0 Å². The number of ether oxygens (including phenoxy) is 1. The Kier molecular flexibility index (Phi) is 3.65. The van der Waals surface area contributed by atoms with Crippen LogP contribution in [0.1, 0.15) is 34.5 Å². The van der Waals surface area contributed by atoms with Crippen LogP contribution in [0.3, 0.4) is 0 Å². The van der Waals surface area contributed by atoms with Crippen LogP contribution in [0.25, 0.3) is 0 Å². The molecule has 2 aromatic carbocycles. The van der Waals surface area contributed by atoms with E-state index in [1.807, 2.05) is 24.3 Å². The Labute approximate surface area is 124 Å². The molecule has 0 bridgehead atoms. The van der Waals surface area contributed by atoms with Crippen LogP contribution < -0.4 is 10.1 Å².